The van der Waals surface area contributed by atoms with Crippen LogP contribution in [0.5, 0.6) is 0 Å². The Kier molecular flexibility index (Phi) is 3.97. The molecule has 1 fully saturated rings. The average Bonchev–Trinajstić information content (AvgIpc) is 2.30. The number of nitrogens with one attached hydrogen (secondary N) is 1. The summed E-state index contributed by atoms with van der Waals surface area (Å²) in [5.41, 5.74) is 5.56. The molecule has 1 aromatic rings. The van der Waals surface area contributed by atoms with Gasteiger partial charge in [-0.2, -0.15) is 0 Å². The Balaban J connectivity index is 1.71. The van der Waals surface area contributed by atoms with E-state index in [1.165, 1.54) is 38.5 Å². The van der Waals surface area contributed by atoms with E-state index >= 15 is 0 Å². The highest BCUT2D eigenvalue weighted by molar-refractivity contribution is 5.38. The number of aromatic nitrogens is 2. The van der Waals surface area contributed by atoms with Crippen LogP contribution in [0.4, 0.5) is 11.6 Å². The van der Waals surface area contributed by atoms with Gasteiger partial charge in [-0.05, 0) is 12.3 Å². The number of hydrogen-bond acceptors (Lipinski definition) is 4. The molecule has 2 rings (SSSR count). The Morgan fingerprint density at radius 1 is 1.25 bits per heavy atom. The first-order valence-corrected chi connectivity index (χ1v) is 6.16. The van der Waals surface area contributed by atoms with Crippen molar-refractivity contribution in [2.24, 2.45) is 5.92 Å². The molecule has 0 unspecified atom stereocenters. The summed E-state index contributed by atoms with van der Waals surface area (Å²) in [6, 6.07) is 0. The SMILES string of the molecule is Nc1cncc(NCCC2CCCCC2)n1. The molecule has 1 aliphatic rings. The molecule has 1 aliphatic carbocycles. The Morgan fingerprint density at radius 2 is 2.06 bits per heavy atom. The summed E-state index contributed by atoms with van der Waals surface area (Å²) in [6.45, 7) is 0.975. The number of rotatable bonds is 4. The van der Waals surface area contributed by atoms with E-state index in [0.717, 1.165) is 18.3 Å². The maximum atomic E-state index is 5.56. The van der Waals surface area contributed by atoms with Crippen LogP contribution >= 0.6 is 0 Å². The molecule has 1 heterocycles. The number of nitrogens with zero attached hydrogens (tertiary/aromatic N) is 2. The molecule has 0 bridgehead atoms. The third-order valence-corrected chi connectivity index (χ3v) is 3.24. The fourth-order valence-corrected chi connectivity index (χ4v) is 2.35. The predicted octanol–water partition coefficient (Wildman–Crippen LogP) is 2.44. The van der Waals surface area contributed by atoms with Gasteiger partial charge in [-0.1, -0.05) is 32.1 Å². The molecule has 0 atom stereocenters. The van der Waals surface area contributed by atoms with Crippen molar-refractivity contribution in [2.45, 2.75) is 38.5 Å². The summed E-state index contributed by atoms with van der Waals surface area (Å²) < 4.78 is 0. The first-order chi connectivity index (χ1) is 7.84. The minimum absolute atomic E-state index is 0.475. The van der Waals surface area contributed by atoms with Crippen molar-refractivity contribution in [3.63, 3.8) is 0 Å². The van der Waals surface area contributed by atoms with Crippen molar-refractivity contribution in [3.8, 4) is 0 Å². The largest absolute Gasteiger partial charge is 0.382 e. The molecule has 1 saturated carbocycles. The van der Waals surface area contributed by atoms with E-state index in [-0.39, 0.29) is 0 Å². The highest BCUT2D eigenvalue weighted by atomic mass is 15.0. The van der Waals surface area contributed by atoms with Crippen LogP contribution in [0, 0.1) is 5.92 Å². The number of hydrogen-bond donors (Lipinski definition) is 2. The van der Waals surface area contributed by atoms with Gasteiger partial charge in [-0.15, -0.1) is 0 Å². The van der Waals surface area contributed by atoms with E-state index in [1.54, 1.807) is 12.4 Å². The normalized spacial score (nSPS) is 17.2. The molecule has 0 amide bonds. The van der Waals surface area contributed by atoms with Gasteiger partial charge < -0.3 is 11.1 Å². The highest BCUT2D eigenvalue weighted by Crippen LogP contribution is 2.26. The molecule has 16 heavy (non-hydrogen) atoms. The zero-order valence-electron chi connectivity index (χ0n) is 9.65. The van der Waals surface area contributed by atoms with E-state index in [9.17, 15) is 0 Å². The smallest absolute Gasteiger partial charge is 0.146 e. The van der Waals surface area contributed by atoms with Crippen molar-refractivity contribution in [3.05, 3.63) is 12.4 Å². The van der Waals surface area contributed by atoms with Gasteiger partial charge in [0.2, 0.25) is 0 Å². The van der Waals surface area contributed by atoms with Crippen LogP contribution in [0.1, 0.15) is 38.5 Å². The van der Waals surface area contributed by atoms with Crippen LogP contribution in [0.2, 0.25) is 0 Å². The third-order valence-electron chi connectivity index (χ3n) is 3.24. The molecular formula is C12H20N4. The molecule has 0 saturated heterocycles. The lowest BCUT2D eigenvalue weighted by Crippen LogP contribution is -2.13. The average molecular weight is 220 g/mol. The monoisotopic (exact) mass is 220 g/mol. The maximum Gasteiger partial charge on any atom is 0.146 e. The Hall–Kier alpha value is -1.32. The highest BCUT2D eigenvalue weighted by Gasteiger charge is 2.12. The zero-order chi connectivity index (χ0) is 11.2. The van der Waals surface area contributed by atoms with Gasteiger partial charge in [0.05, 0.1) is 12.4 Å². The summed E-state index contributed by atoms with van der Waals surface area (Å²) in [7, 11) is 0. The van der Waals surface area contributed by atoms with Crippen LogP contribution in [0.25, 0.3) is 0 Å². The second kappa shape index (κ2) is 5.68. The van der Waals surface area contributed by atoms with Crippen LogP contribution < -0.4 is 11.1 Å². The lowest BCUT2D eigenvalue weighted by Gasteiger charge is -2.21. The molecule has 4 nitrogen and oxygen atoms in total. The summed E-state index contributed by atoms with van der Waals surface area (Å²) in [6.07, 6.45) is 11.5. The Morgan fingerprint density at radius 3 is 2.81 bits per heavy atom. The second-order valence-corrected chi connectivity index (χ2v) is 4.55. The van der Waals surface area contributed by atoms with Crippen molar-refractivity contribution >= 4 is 11.6 Å². The fourth-order valence-electron chi connectivity index (χ4n) is 2.35. The third kappa shape index (κ3) is 3.36. The Labute approximate surface area is 96.7 Å². The van der Waals surface area contributed by atoms with Crippen molar-refractivity contribution in [1.82, 2.24) is 9.97 Å². The molecule has 0 aliphatic heterocycles. The zero-order valence-corrected chi connectivity index (χ0v) is 9.65. The van der Waals surface area contributed by atoms with E-state index in [1.807, 2.05) is 0 Å². The second-order valence-electron chi connectivity index (χ2n) is 4.55. The molecule has 4 heteroatoms. The van der Waals surface area contributed by atoms with Gasteiger partial charge in [0.25, 0.3) is 0 Å². The van der Waals surface area contributed by atoms with Crippen LogP contribution in [-0.4, -0.2) is 16.5 Å². The van der Waals surface area contributed by atoms with Gasteiger partial charge in [0, 0.05) is 6.54 Å². The van der Waals surface area contributed by atoms with Gasteiger partial charge in [-0.25, -0.2) is 4.98 Å². The minimum atomic E-state index is 0.475. The quantitative estimate of drug-likeness (QED) is 0.818. The molecule has 0 radical (unpaired) electrons. The summed E-state index contributed by atoms with van der Waals surface area (Å²) in [5.74, 6) is 2.16. The van der Waals surface area contributed by atoms with Gasteiger partial charge >= 0.3 is 0 Å². The van der Waals surface area contributed by atoms with E-state index < -0.39 is 0 Å². The fraction of sp³-hybridized carbons (Fsp3) is 0.667. The molecule has 1 aromatic heterocycles. The number of anilines is 2. The minimum Gasteiger partial charge on any atom is -0.382 e. The summed E-state index contributed by atoms with van der Waals surface area (Å²) >= 11 is 0. The van der Waals surface area contributed by atoms with Crippen molar-refractivity contribution in [1.29, 1.82) is 0 Å². The van der Waals surface area contributed by atoms with Gasteiger partial charge in [0.1, 0.15) is 11.6 Å². The van der Waals surface area contributed by atoms with Gasteiger partial charge in [-0.3, -0.25) is 4.98 Å². The Bertz CT molecular complexity index is 321. The van der Waals surface area contributed by atoms with E-state index in [0.29, 0.717) is 5.82 Å². The predicted molar refractivity (Wildman–Crippen MR) is 66.1 cm³/mol. The van der Waals surface area contributed by atoms with Crippen molar-refractivity contribution in [2.75, 3.05) is 17.6 Å². The topological polar surface area (TPSA) is 63.8 Å². The lowest BCUT2D eigenvalue weighted by molar-refractivity contribution is 0.345. The molecule has 0 spiro atoms. The number of nitrogens with two attached hydrogens (primary N) is 1. The summed E-state index contributed by atoms with van der Waals surface area (Å²) in [4.78, 5) is 8.16. The van der Waals surface area contributed by atoms with Crippen LogP contribution in [-0.2, 0) is 0 Å². The molecule has 3 N–H and O–H groups in total. The molecule has 0 aromatic carbocycles. The molecule has 88 valence electrons. The van der Waals surface area contributed by atoms with Crippen molar-refractivity contribution < 1.29 is 0 Å². The number of nitrogen functional groups attached to an aromatic ring is 1. The first-order valence-electron chi connectivity index (χ1n) is 6.16. The van der Waals surface area contributed by atoms with Crippen LogP contribution in [0.3, 0.4) is 0 Å². The molecular weight excluding hydrogens is 200 g/mol. The van der Waals surface area contributed by atoms with E-state index in [2.05, 4.69) is 15.3 Å². The maximum absolute atomic E-state index is 5.56. The van der Waals surface area contributed by atoms with Gasteiger partial charge in [0.15, 0.2) is 0 Å². The van der Waals surface area contributed by atoms with E-state index in [4.69, 9.17) is 5.73 Å². The first kappa shape index (κ1) is 11.2. The lowest BCUT2D eigenvalue weighted by atomic mass is 9.87. The van der Waals surface area contributed by atoms with Crippen LogP contribution in [0.15, 0.2) is 12.4 Å². The summed E-state index contributed by atoms with van der Waals surface area (Å²) in [5, 5.41) is 3.28. The standard InChI is InChI=1S/C12H20N4/c13-11-8-14-9-12(16-11)15-7-6-10-4-2-1-3-5-10/h8-10H,1-7H2,(H3,13,15,16).